The Balaban J connectivity index is 2.59. The molecule has 1 unspecified atom stereocenters. The molecule has 1 rings (SSSR count). The average Bonchev–Trinajstić information content (AvgIpc) is 2.39. The van der Waals surface area contributed by atoms with Crippen molar-refractivity contribution in [2.75, 3.05) is 13.1 Å². The first kappa shape index (κ1) is 16.4. The zero-order valence-corrected chi connectivity index (χ0v) is 11.6. The first-order valence-electron chi connectivity index (χ1n) is 6.41. The standard InChI is InChI=1S/C14H19F2NO3/c1-3-17(8-10(2)13(18)19)9-11-4-6-12(7-5-11)20-14(15)16/h4-7,10,14H,3,8-9H2,1-2H3,(H,18,19). The van der Waals surface area contributed by atoms with E-state index in [-0.39, 0.29) is 5.75 Å². The molecule has 0 aliphatic carbocycles. The molecule has 0 aliphatic rings. The van der Waals surface area contributed by atoms with Crippen molar-refractivity contribution in [1.29, 1.82) is 0 Å². The molecule has 0 saturated carbocycles. The summed E-state index contributed by atoms with van der Waals surface area (Å²) in [6.07, 6.45) is 0. The van der Waals surface area contributed by atoms with E-state index in [0.29, 0.717) is 19.6 Å². The lowest BCUT2D eigenvalue weighted by atomic mass is 10.1. The molecule has 0 bridgehead atoms. The van der Waals surface area contributed by atoms with Crippen LogP contribution in [0.1, 0.15) is 19.4 Å². The Morgan fingerprint density at radius 1 is 1.35 bits per heavy atom. The molecule has 0 radical (unpaired) electrons. The van der Waals surface area contributed by atoms with Crippen LogP contribution in [0.4, 0.5) is 8.78 Å². The largest absolute Gasteiger partial charge is 0.481 e. The minimum atomic E-state index is -2.83. The zero-order valence-electron chi connectivity index (χ0n) is 11.6. The molecule has 0 fully saturated rings. The van der Waals surface area contributed by atoms with Crippen LogP contribution >= 0.6 is 0 Å². The molecule has 6 heteroatoms. The van der Waals surface area contributed by atoms with Crippen molar-refractivity contribution < 1.29 is 23.4 Å². The number of carboxylic acid groups (broad SMARTS) is 1. The third-order valence-corrected chi connectivity index (χ3v) is 2.96. The first-order valence-corrected chi connectivity index (χ1v) is 6.41. The van der Waals surface area contributed by atoms with Gasteiger partial charge < -0.3 is 9.84 Å². The summed E-state index contributed by atoms with van der Waals surface area (Å²) in [6, 6.07) is 6.36. The fourth-order valence-corrected chi connectivity index (χ4v) is 1.81. The number of halogens is 2. The maximum absolute atomic E-state index is 12.0. The second-order valence-electron chi connectivity index (χ2n) is 4.59. The van der Waals surface area contributed by atoms with Gasteiger partial charge in [-0.05, 0) is 24.2 Å². The molecule has 112 valence electrons. The van der Waals surface area contributed by atoms with Crippen molar-refractivity contribution in [3.8, 4) is 5.75 Å². The number of aliphatic carboxylic acids is 1. The van der Waals surface area contributed by atoms with Gasteiger partial charge in [0, 0.05) is 13.1 Å². The highest BCUT2D eigenvalue weighted by molar-refractivity contribution is 5.69. The molecule has 20 heavy (non-hydrogen) atoms. The fourth-order valence-electron chi connectivity index (χ4n) is 1.81. The fraction of sp³-hybridized carbons (Fsp3) is 0.500. The summed E-state index contributed by atoms with van der Waals surface area (Å²) in [5, 5.41) is 8.90. The Bertz CT molecular complexity index is 423. The summed E-state index contributed by atoms with van der Waals surface area (Å²) < 4.78 is 28.3. The Labute approximate surface area is 117 Å². The molecule has 1 atom stereocenters. The van der Waals surface area contributed by atoms with Gasteiger partial charge in [-0.25, -0.2) is 0 Å². The van der Waals surface area contributed by atoms with Crippen molar-refractivity contribution in [3.05, 3.63) is 29.8 Å². The number of nitrogens with zero attached hydrogens (tertiary/aromatic N) is 1. The van der Waals surface area contributed by atoms with Crippen molar-refractivity contribution in [2.45, 2.75) is 27.0 Å². The number of ether oxygens (including phenoxy) is 1. The minimum Gasteiger partial charge on any atom is -0.481 e. The van der Waals surface area contributed by atoms with E-state index in [1.54, 1.807) is 19.1 Å². The van der Waals surface area contributed by atoms with Gasteiger partial charge in [-0.15, -0.1) is 0 Å². The minimum absolute atomic E-state index is 0.116. The van der Waals surface area contributed by atoms with Crippen LogP contribution in [0.3, 0.4) is 0 Å². The van der Waals surface area contributed by atoms with Gasteiger partial charge in [0.1, 0.15) is 5.75 Å². The number of hydrogen-bond donors (Lipinski definition) is 1. The summed E-state index contributed by atoms with van der Waals surface area (Å²) in [5.74, 6) is -1.16. The summed E-state index contributed by atoms with van der Waals surface area (Å²) in [6.45, 7) is 2.51. The molecule has 0 heterocycles. The molecular weight excluding hydrogens is 268 g/mol. The SMILES string of the molecule is CCN(Cc1ccc(OC(F)F)cc1)CC(C)C(=O)O. The lowest BCUT2D eigenvalue weighted by molar-refractivity contribution is -0.141. The molecule has 1 N–H and O–H groups in total. The molecular formula is C14H19F2NO3. The van der Waals surface area contributed by atoms with Crippen molar-refractivity contribution in [2.24, 2.45) is 5.92 Å². The topological polar surface area (TPSA) is 49.8 Å². The molecule has 1 aromatic carbocycles. The maximum atomic E-state index is 12.0. The van der Waals surface area contributed by atoms with Gasteiger partial charge in [-0.3, -0.25) is 9.69 Å². The van der Waals surface area contributed by atoms with Gasteiger partial charge in [-0.1, -0.05) is 26.0 Å². The Morgan fingerprint density at radius 3 is 2.40 bits per heavy atom. The number of hydrogen-bond acceptors (Lipinski definition) is 3. The van der Waals surface area contributed by atoms with Crippen molar-refractivity contribution in [3.63, 3.8) is 0 Å². The van der Waals surface area contributed by atoms with Gasteiger partial charge in [0.25, 0.3) is 0 Å². The number of alkyl halides is 2. The van der Waals surface area contributed by atoms with Crippen LogP contribution < -0.4 is 4.74 Å². The Hall–Kier alpha value is -1.69. The first-order chi connectivity index (χ1) is 9.42. The van der Waals surface area contributed by atoms with Crippen molar-refractivity contribution in [1.82, 2.24) is 4.90 Å². The molecule has 0 aliphatic heterocycles. The highest BCUT2D eigenvalue weighted by atomic mass is 19.3. The van der Waals surface area contributed by atoms with E-state index in [2.05, 4.69) is 4.74 Å². The molecule has 4 nitrogen and oxygen atoms in total. The van der Waals surface area contributed by atoms with Gasteiger partial charge in [0.15, 0.2) is 0 Å². The van der Waals surface area contributed by atoms with E-state index < -0.39 is 18.5 Å². The van der Waals surface area contributed by atoms with Gasteiger partial charge in [0.2, 0.25) is 0 Å². The van der Waals surface area contributed by atoms with Crippen LogP contribution in [-0.2, 0) is 11.3 Å². The Kier molecular flexibility index (Phi) is 6.38. The highest BCUT2D eigenvalue weighted by Crippen LogP contribution is 2.16. The van der Waals surface area contributed by atoms with Gasteiger partial charge >= 0.3 is 12.6 Å². The van der Waals surface area contributed by atoms with E-state index in [4.69, 9.17) is 5.11 Å². The van der Waals surface area contributed by atoms with E-state index in [0.717, 1.165) is 5.56 Å². The molecule has 1 aromatic rings. The second-order valence-corrected chi connectivity index (χ2v) is 4.59. The van der Waals surface area contributed by atoms with E-state index in [1.807, 2.05) is 11.8 Å². The van der Waals surface area contributed by atoms with Gasteiger partial charge in [-0.2, -0.15) is 8.78 Å². The van der Waals surface area contributed by atoms with Crippen LogP contribution in [0, 0.1) is 5.92 Å². The van der Waals surface area contributed by atoms with Crippen molar-refractivity contribution >= 4 is 5.97 Å². The number of benzene rings is 1. The summed E-state index contributed by atoms with van der Waals surface area (Å²) >= 11 is 0. The molecule has 0 aromatic heterocycles. The highest BCUT2D eigenvalue weighted by Gasteiger charge is 2.15. The molecule has 0 spiro atoms. The van der Waals surface area contributed by atoms with E-state index >= 15 is 0 Å². The number of carbonyl (C=O) groups is 1. The maximum Gasteiger partial charge on any atom is 0.387 e. The van der Waals surface area contributed by atoms with E-state index in [1.165, 1.54) is 12.1 Å². The molecule has 0 saturated heterocycles. The quantitative estimate of drug-likeness (QED) is 0.798. The molecule has 0 amide bonds. The lowest BCUT2D eigenvalue weighted by Gasteiger charge is -2.22. The third kappa shape index (κ3) is 5.52. The number of carboxylic acids is 1. The summed E-state index contributed by atoms with van der Waals surface area (Å²) in [4.78, 5) is 12.8. The van der Waals surface area contributed by atoms with E-state index in [9.17, 15) is 13.6 Å². The third-order valence-electron chi connectivity index (χ3n) is 2.96. The van der Waals surface area contributed by atoms with Crippen LogP contribution in [-0.4, -0.2) is 35.7 Å². The van der Waals surface area contributed by atoms with Crippen LogP contribution in [0.15, 0.2) is 24.3 Å². The van der Waals surface area contributed by atoms with Crippen LogP contribution in [0.5, 0.6) is 5.75 Å². The lowest BCUT2D eigenvalue weighted by Crippen LogP contribution is -2.31. The predicted molar refractivity (Wildman–Crippen MR) is 70.8 cm³/mol. The monoisotopic (exact) mass is 287 g/mol. The summed E-state index contributed by atoms with van der Waals surface area (Å²) in [5.41, 5.74) is 0.922. The predicted octanol–water partition coefficient (Wildman–Crippen LogP) is 2.83. The van der Waals surface area contributed by atoms with Gasteiger partial charge in [0.05, 0.1) is 5.92 Å². The average molecular weight is 287 g/mol. The van der Waals surface area contributed by atoms with Crippen LogP contribution in [0.2, 0.25) is 0 Å². The smallest absolute Gasteiger partial charge is 0.387 e. The van der Waals surface area contributed by atoms with Crippen LogP contribution in [0.25, 0.3) is 0 Å². The normalized spacial score (nSPS) is 12.7. The Morgan fingerprint density at radius 2 is 1.95 bits per heavy atom. The zero-order chi connectivity index (χ0) is 15.1. The summed E-state index contributed by atoms with van der Waals surface area (Å²) in [7, 11) is 0. The number of rotatable bonds is 8. The second kappa shape index (κ2) is 7.79.